The van der Waals surface area contributed by atoms with E-state index in [9.17, 15) is 0 Å². The lowest BCUT2D eigenvalue weighted by atomic mass is 9.95. The SMILES string of the molecule is OCC1CCN([C@H]2CCCNC2)CC1. The zero-order valence-corrected chi connectivity index (χ0v) is 8.91. The van der Waals surface area contributed by atoms with Crippen LogP contribution in [0.15, 0.2) is 0 Å². The monoisotopic (exact) mass is 198 g/mol. The van der Waals surface area contributed by atoms with E-state index in [1.165, 1.54) is 51.9 Å². The molecule has 82 valence electrons. The van der Waals surface area contributed by atoms with E-state index in [1.54, 1.807) is 0 Å². The molecule has 2 aliphatic rings. The summed E-state index contributed by atoms with van der Waals surface area (Å²) in [4.78, 5) is 2.61. The molecule has 2 fully saturated rings. The van der Waals surface area contributed by atoms with E-state index in [0.29, 0.717) is 12.5 Å². The minimum absolute atomic E-state index is 0.386. The normalized spacial score (nSPS) is 31.9. The summed E-state index contributed by atoms with van der Waals surface area (Å²) >= 11 is 0. The van der Waals surface area contributed by atoms with Crippen LogP contribution in [-0.2, 0) is 0 Å². The van der Waals surface area contributed by atoms with Gasteiger partial charge in [-0.25, -0.2) is 0 Å². The van der Waals surface area contributed by atoms with Crippen molar-refractivity contribution in [2.24, 2.45) is 5.92 Å². The number of nitrogens with one attached hydrogen (secondary N) is 1. The molecule has 14 heavy (non-hydrogen) atoms. The topological polar surface area (TPSA) is 35.5 Å². The predicted molar refractivity (Wildman–Crippen MR) is 57.3 cm³/mol. The second-order valence-corrected chi connectivity index (χ2v) is 4.66. The first-order chi connectivity index (χ1) is 6.90. The fourth-order valence-electron chi connectivity index (χ4n) is 2.65. The van der Waals surface area contributed by atoms with Crippen molar-refractivity contribution in [1.82, 2.24) is 10.2 Å². The Balaban J connectivity index is 1.76. The smallest absolute Gasteiger partial charge is 0.0460 e. The molecule has 0 bridgehead atoms. The van der Waals surface area contributed by atoms with Gasteiger partial charge in [0.25, 0.3) is 0 Å². The van der Waals surface area contributed by atoms with Crippen molar-refractivity contribution in [1.29, 1.82) is 0 Å². The molecule has 1 atom stereocenters. The van der Waals surface area contributed by atoms with Crippen LogP contribution < -0.4 is 5.32 Å². The van der Waals surface area contributed by atoms with E-state index in [0.717, 1.165) is 6.04 Å². The standard InChI is InChI=1S/C11H22N2O/c14-9-10-3-6-13(7-4-10)11-2-1-5-12-8-11/h10-12,14H,1-9H2/t11-/m0/s1. The van der Waals surface area contributed by atoms with E-state index in [2.05, 4.69) is 10.2 Å². The molecule has 2 aliphatic heterocycles. The number of aliphatic hydroxyl groups excluding tert-OH is 1. The van der Waals surface area contributed by atoms with Gasteiger partial charge in [-0.15, -0.1) is 0 Å². The third kappa shape index (κ3) is 2.47. The lowest BCUT2D eigenvalue weighted by molar-refractivity contribution is 0.0891. The molecule has 0 saturated carbocycles. The van der Waals surface area contributed by atoms with Gasteiger partial charge in [-0.2, -0.15) is 0 Å². The molecule has 0 aromatic carbocycles. The minimum Gasteiger partial charge on any atom is -0.396 e. The van der Waals surface area contributed by atoms with E-state index >= 15 is 0 Å². The Morgan fingerprint density at radius 3 is 2.57 bits per heavy atom. The van der Waals surface area contributed by atoms with Gasteiger partial charge in [0.2, 0.25) is 0 Å². The quantitative estimate of drug-likeness (QED) is 0.676. The van der Waals surface area contributed by atoms with Crippen LogP contribution in [0, 0.1) is 5.92 Å². The molecule has 0 aromatic rings. The average molecular weight is 198 g/mol. The van der Waals surface area contributed by atoms with E-state index in [4.69, 9.17) is 5.11 Å². The lowest BCUT2D eigenvalue weighted by Gasteiger charge is -2.39. The molecule has 0 radical (unpaired) electrons. The number of hydrogen-bond acceptors (Lipinski definition) is 3. The van der Waals surface area contributed by atoms with Crippen molar-refractivity contribution < 1.29 is 5.11 Å². The number of aliphatic hydroxyl groups is 1. The molecule has 2 saturated heterocycles. The molecule has 3 heteroatoms. The molecule has 0 unspecified atom stereocenters. The summed E-state index contributed by atoms with van der Waals surface area (Å²) in [7, 11) is 0. The Morgan fingerprint density at radius 1 is 1.21 bits per heavy atom. The van der Waals surface area contributed by atoms with Gasteiger partial charge in [-0.1, -0.05) is 0 Å². The van der Waals surface area contributed by atoms with Gasteiger partial charge in [0.1, 0.15) is 0 Å². The number of rotatable bonds is 2. The van der Waals surface area contributed by atoms with E-state index in [1.807, 2.05) is 0 Å². The maximum absolute atomic E-state index is 9.06. The number of likely N-dealkylation sites (tertiary alicyclic amines) is 1. The molecule has 0 aliphatic carbocycles. The van der Waals surface area contributed by atoms with Crippen molar-refractivity contribution in [2.45, 2.75) is 31.7 Å². The van der Waals surface area contributed by atoms with Crippen LogP contribution in [0.2, 0.25) is 0 Å². The van der Waals surface area contributed by atoms with Gasteiger partial charge in [-0.05, 0) is 51.2 Å². The number of nitrogens with zero attached hydrogens (tertiary/aromatic N) is 1. The summed E-state index contributed by atoms with van der Waals surface area (Å²) < 4.78 is 0. The van der Waals surface area contributed by atoms with E-state index < -0.39 is 0 Å². The molecule has 2 heterocycles. The minimum atomic E-state index is 0.386. The third-order valence-electron chi connectivity index (χ3n) is 3.69. The summed E-state index contributed by atoms with van der Waals surface area (Å²) in [5.41, 5.74) is 0. The average Bonchev–Trinajstić information content (AvgIpc) is 2.30. The Morgan fingerprint density at radius 2 is 2.00 bits per heavy atom. The largest absolute Gasteiger partial charge is 0.396 e. The maximum Gasteiger partial charge on any atom is 0.0460 e. The second kappa shape index (κ2) is 5.10. The van der Waals surface area contributed by atoms with Crippen LogP contribution in [-0.4, -0.2) is 48.8 Å². The molecule has 0 spiro atoms. The Labute approximate surface area is 86.5 Å². The maximum atomic E-state index is 9.06. The molecule has 3 nitrogen and oxygen atoms in total. The van der Waals surface area contributed by atoms with Crippen LogP contribution in [0.5, 0.6) is 0 Å². The first-order valence-corrected chi connectivity index (χ1v) is 5.96. The summed E-state index contributed by atoms with van der Waals surface area (Å²) in [5.74, 6) is 0.572. The van der Waals surface area contributed by atoms with Crippen molar-refractivity contribution in [3.05, 3.63) is 0 Å². The van der Waals surface area contributed by atoms with Crippen LogP contribution in [0.4, 0.5) is 0 Å². The second-order valence-electron chi connectivity index (χ2n) is 4.66. The van der Waals surface area contributed by atoms with Crippen molar-refractivity contribution in [3.63, 3.8) is 0 Å². The molecule has 2 rings (SSSR count). The van der Waals surface area contributed by atoms with E-state index in [-0.39, 0.29) is 0 Å². The Hall–Kier alpha value is -0.120. The predicted octanol–water partition coefficient (Wildman–Crippen LogP) is 0.443. The van der Waals surface area contributed by atoms with Crippen molar-refractivity contribution in [2.75, 3.05) is 32.8 Å². The Kier molecular flexibility index (Phi) is 3.79. The first kappa shape index (κ1) is 10.4. The zero-order chi connectivity index (χ0) is 9.80. The molecule has 2 N–H and O–H groups in total. The molecular formula is C11H22N2O. The highest BCUT2D eigenvalue weighted by Crippen LogP contribution is 2.20. The van der Waals surface area contributed by atoms with Gasteiger partial charge >= 0.3 is 0 Å². The van der Waals surface area contributed by atoms with Gasteiger partial charge < -0.3 is 10.4 Å². The summed E-state index contributed by atoms with van der Waals surface area (Å²) in [6, 6.07) is 0.767. The van der Waals surface area contributed by atoms with Gasteiger partial charge in [-0.3, -0.25) is 4.90 Å². The van der Waals surface area contributed by atoms with Crippen molar-refractivity contribution >= 4 is 0 Å². The number of hydrogen-bond donors (Lipinski definition) is 2. The fraction of sp³-hybridized carbons (Fsp3) is 1.00. The van der Waals surface area contributed by atoms with Gasteiger partial charge in [0.05, 0.1) is 0 Å². The fourth-order valence-corrected chi connectivity index (χ4v) is 2.65. The summed E-state index contributed by atoms with van der Waals surface area (Å²) in [6.07, 6.45) is 5.06. The van der Waals surface area contributed by atoms with Crippen LogP contribution in [0.3, 0.4) is 0 Å². The molecule has 0 aromatic heterocycles. The molecule has 0 amide bonds. The first-order valence-electron chi connectivity index (χ1n) is 5.96. The third-order valence-corrected chi connectivity index (χ3v) is 3.69. The zero-order valence-electron chi connectivity index (χ0n) is 8.91. The molecular weight excluding hydrogens is 176 g/mol. The Bertz CT molecular complexity index is 161. The van der Waals surface area contributed by atoms with Gasteiger partial charge in [0, 0.05) is 19.2 Å². The van der Waals surface area contributed by atoms with Crippen LogP contribution in [0.25, 0.3) is 0 Å². The lowest BCUT2D eigenvalue weighted by Crippen LogP contribution is -2.49. The van der Waals surface area contributed by atoms with Crippen LogP contribution in [0.1, 0.15) is 25.7 Å². The van der Waals surface area contributed by atoms with Crippen molar-refractivity contribution in [3.8, 4) is 0 Å². The highest BCUT2D eigenvalue weighted by atomic mass is 16.3. The summed E-state index contributed by atoms with van der Waals surface area (Å²) in [6.45, 7) is 5.14. The highest BCUT2D eigenvalue weighted by molar-refractivity contribution is 4.82. The highest BCUT2D eigenvalue weighted by Gasteiger charge is 2.25. The summed E-state index contributed by atoms with van der Waals surface area (Å²) in [5, 5.41) is 12.5. The van der Waals surface area contributed by atoms with Crippen LogP contribution >= 0.6 is 0 Å². The number of piperidine rings is 2. The van der Waals surface area contributed by atoms with Gasteiger partial charge in [0.15, 0.2) is 0 Å².